The summed E-state index contributed by atoms with van der Waals surface area (Å²) in [6, 6.07) is -1.56. The van der Waals surface area contributed by atoms with Crippen LogP contribution in [0.15, 0.2) is 0 Å². The van der Waals surface area contributed by atoms with Crippen LogP contribution >= 0.6 is 0 Å². The quantitative estimate of drug-likeness (QED) is 0.141. The second kappa shape index (κ2) is 17.1. The fraction of sp³-hybridized carbons (Fsp3) is 0.882. The van der Waals surface area contributed by atoms with Crippen LogP contribution < -0.4 is 5.73 Å². The zero-order valence-corrected chi connectivity index (χ0v) is 16.1. The van der Waals surface area contributed by atoms with Crippen LogP contribution in [-0.2, 0) is 24.4 Å². The third-order valence-electron chi connectivity index (χ3n) is 3.89. The van der Waals surface area contributed by atoms with E-state index >= 15 is 0 Å². The van der Waals surface area contributed by atoms with Crippen LogP contribution in [0.5, 0.6) is 0 Å². The summed E-state index contributed by atoms with van der Waals surface area (Å²) in [6.07, 6.45) is 12.8. The number of hydrogen-bond donors (Lipinski definition) is 2. The predicted molar refractivity (Wildman–Crippen MR) is 104 cm³/mol. The molecule has 0 rings (SSSR count). The second-order valence-electron chi connectivity index (χ2n) is 6.43. The standard InChI is InChI=1S/C17H33NO6S.Na.H/c1-2-3-4-5-6-7-8-9-10-11-12-13-16(19)24-17(20)15(18)14-25(21,22)23;;/h15H,2-14,18H2,1H3,(H,21,22,23);;/t15-;;/m1../s1. The third kappa shape index (κ3) is 18.8. The van der Waals surface area contributed by atoms with E-state index in [0.717, 1.165) is 19.3 Å². The van der Waals surface area contributed by atoms with Crippen LogP contribution in [0.3, 0.4) is 0 Å². The fourth-order valence-corrected chi connectivity index (χ4v) is 3.06. The molecule has 0 bridgehead atoms. The Morgan fingerprint density at radius 2 is 1.35 bits per heavy atom. The molecule has 0 aliphatic carbocycles. The van der Waals surface area contributed by atoms with Crippen LogP contribution in [0.4, 0.5) is 0 Å². The zero-order valence-electron chi connectivity index (χ0n) is 15.2. The van der Waals surface area contributed by atoms with Gasteiger partial charge in [0.1, 0.15) is 11.8 Å². The SMILES string of the molecule is CCCCCCCCCCCCCC(=O)OC(=O)[C@H](N)CS(=O)(=O)O.[NaH]. The zero-order chi connectivity index (χ0) is 19.1. The van der Waals surface area contributed by atoms with Crippen molar-refractivity contribution >= 4 is 51.6 Å². The van der Waals surface area contributed by atoms with Gasteiger partial charge in [-0.2, -0.15) is 8.42 Å². The number of carbonyl (C=O) groups is 2. The minimum atomic E-state index is -4.38. The van der Waals surface area contributed by atoms with Crippen molar-refractivity contribution in [1.82, 2.24) is 0 Å². The summed E-state index contributed by atoms with van der Waals surface area (Å²) in [7, 11) is -4.38. The van der Waals surface area contributed by atoms with E-state index in [1.807, 2.05) is 0 Å². The molecule has 7 nitrogen and oxygen atoms in total. The van der Waals surface area contributed by atoms with Gasteiger partial charge < -0.3 is 10.5 Å². The Morgan fingerprint density at radius 1 is 0.923 bits per heavy atom. The first-order valence-corrected chi connectivity index (χ1v) is 10.8. The Kier molecular flexibility index (Phi) is 18.6. The van der Waals surface area contributed by atoms with Crippen LogP contribution in [-0.4, -0.2) is 66.3 Å². The van der Waals surface area contributed by atoms with E-state index in [2.05, 4.69) is 11.7 Å². The summed E-state index contributed by atoms with van der Waals surface area (Å²) in [5.41, 5.74) is 5.25. The van der Waals surface area contributed by atoms with Crippen molar-refractivity contribution in [2.24, 2.45) is 5.73 Å². The van der Waals surface area contributed by atoms with E-state index in [1.54, 1.807) is 0 Å². The van der Waals surface area contributed by atoms with E-state index in [1.165, 1.54) is 44.9 Å². The minimum absolute atomic E-state index is 0. The average molecular weight is 404 g/mol. The van der Waals surface area contributed by atoms with Gasteiger partial charge in [-0.3, -0.25) is 9.35 Å². The van der Waals surface area contributed by atoms with Crippen LogP contribution in [0, 0.1) is 0 Å². The first-order chi connectivity index (χ1) is 11.8. The van der Waals surface area contributed by atoms with Gasteiger partial charge in [0.15, 0.2) is 0 Å². The van der Waals surface area contributed by atoms with Crippen molar-refractivity contribution in [2.45, 2.75) is 90.0 Å². The number of nitrogens with two attached hydrogens (primary N) is 1. The molecule has 0 heterocycles. The number of ether oxygens (including phenoxy) is 1. The van der Waals surface area contributed by atoms with Crippen molar-refractivity contribution < 1.29 is 27.3 Å². The van der Waals surface area contributed by atoms with Gasteiger partial charge in [0.25, 0.3) is 10.1 Å². The summed E-state index contributed by atoms with van der Waals surface area (Å²) in [6.45, 7) is 2.21. The third-order valence-corrected chi connectivity index (χ3v) is 4.67. The van der Waals surface area contributed by atoms with Gasteiger partial charge in [0.05, 0.1) is 0 Å². The molecule has 0 aliphatic rings. The van der Waals surface area contributed by atoms with Gasteiger partial charge in [-0.1, -0.05) is 71.1 Å². The topological polar surface area (TPSA) is 124 Å². The number of unbranched alkanes of at least 4 members (excludes halogenated alkanes) is 10. The summed E-state index contributed by atoms with van der Waals surface area (Å²) >= 11 is 0. The van der Waals surface area contributed by atoms with E-state index in [0.29, 0.717) is 6.42 Å². The Bertz CT molecular complexity index is 484. The molecule has 150 valence electrons. The van der Waals surface area contributed by atoms with Crippen LogP contribution in [0.25, 0.3) is 0 Å². The molecule has 0 aromatic carbocycles. The molecule has 0 fully saturated rings. The summed E-state index contributed by atoms with van der Waals surface area (Å²) in [4.78, 5) is 22.9. The molecular weight excluding hydrogens is 369 g/mol. The summed E-state index contributed by atoms with van der Waals surface area (Å²) < 4.78 is 34.3. The van der Waals surface area contributed by atoms with Gasteiger partial charge in [-0.25, -0.2) is 4.79 Å². The molecule has 3 N–H and O–H groups in total. The molecule has 0 aromatic rings. The van der Waals surface area contributed by atoms with Crippen molar-refractivity contribution in [3.05, 3.63) is 0 Å². The first-order valence-electron chi connectivity index (χ1n) is 9.21. The molecule has 26 heavy (non-hydrogen) atoms. The van der Waals surface area contributed by atoms with E-state index < -0.39 is 33.9 Å². The van der Waals surface area contributed by atoms with Crippen molar-refractivity contribution in [1.29, 1.82) is 0 Å². The molecule has 0 aromatic heterocycles. The van der Waals surface area contributed by atoms with Gasteiger partial charge in [-0.15, -0.1) is 0 Å². The van der Waals surface area contributed by atoms with Gasteiger partial charge >= 0.3 is 41.5 Å². The van der Waals surface area contributed by atoms with Gasteiger partial charge in [0.2, 0.25) is 0 Å². The van der Waals surface area contributed by atoms with Crippen molar-refractivity contribution in [3.8, 4) is 0 Å². The van der Waals surface area contributed by atoms with E-state index in [9.17, 15) is 18.0 Å². The molecule has 0 saturated heterocycles. The number of esters is 2. The number of rotatable bonds is 15. The summed E-state index contributed by atoms with van der Waals surface area (Å²) in [5.74, 6) is -2.81. The number of hydrogen-bond acceptors (Lipinski definition) is 6. The monoisotopic (exact) mass is 403 g/mol. The Hall–Kier alpha value is 0.01000. The van der Waals surface area contributed by atoms with Crippen LogP contribution in [0.1, 0.15) is 84.0 Å². The molecule has 9 heteroatoms. The maximum atomic E-state index is 11.5. The molecule has 0 radical (unpaired) electrons. The molecule has 1 atom stereocenters. The molecule has 0 amide bonds. The fourth-order valence-electron chi connectivity index (χ4n) is 2.47. The Morgan fingerprint density at radius 3 is 1.77 bits per heavy atom. The molecule has 0 saturated carbocycles. The van der Waals surface area contributed by atoms with Gasteiger partial charge in [0, 0.05) is 6.42 Å². The van der Waals surface area contributed by atoms with Gasteiger partial charge in [-0.05, 0) is 6.42 Å². The normalized spacial score (nSPS) is 12.3. The number of carbonyl (C=O) groups excluding carboxylic acids is 2. The Balaban J connectivity index is 0. The van der Waals surface area contributed by atoms with E-state index in [4.69, 9.17) is 10.3 Å². The molecular formula is C17H34NNaO6S. The van der Waals surface area contributed by atoms with E-state index in [-0.39, 0.29) is 36.0 Å². The van der Waals surface area contributed by atoms with Crippen molar-refractivity contribution in [3.63, 3.8) is 0 Å². The van der Waals surface area contributed by atoms with Crippen molar-refractivity contribution in [2.75, 3.05) is 5.75 Å². The predicted octanol–water partition coefficient (Wildman–Crippen LogP) is 2.32. The average Bonchev–Trinajstić information content (AvgIpc) is 2.50. The van der Waals surface area contributed by atoms with Crippen LogP contribution in [0.2, 0.25) is 0 Å². The second-order valence-corrected chi connectivity index (χ2v) is 7.93. The molecule has 0 spiro atoms. The Labute approximate surface area is 179 Å². The maximum absolute atomic E-state index is 11.5. The first kappa shape index (κ1) is 28.2. The summed E-state index contributed by atoms with van der Waals surface area (Å²) in [5, 5.41) is 0. The molecule has 0 unspecified atom stereocenters. The molecule has 0 aliphatic heterocycles.